The second-order valence-corrected chi connectivity index (χ2v) is 8.38. The first-order valence-corrected chi connectivity index (χ1v) is 11.4. The summed E-state index contributed by atoms with van der Waals surface area (Å²) < 4.78 is 13.0. The minimum Gasteiger partial charge on any atom is -0.485 e. The average molecular weight is 499 g/mol. The van der Waals surface area contributed by atoms with Gasteiger partial charge >= 0.3 is 0 Å². The molecule has 0 saturated carbocycles. The summed E-state index contributed by atoms with van der Waals surface area (Å²) in [6.45, 7) is 0.867. The molecule has 0 aliphatic rings. The van der Waals surface area contributed by atoms with Crippen molar-refractivity contribution in [3.63, 3.8) is 0 Å². The fourth-order valence-corrected chi connectivity index (χ4v) is 3.64. The van der Waals surface area contributed by atoms with E-state index in [4.69, 9.17) is 9.47 Å². The third-order valence-corrected chi connectivity index (χ3v) is 5.47. The number of hydrogen-bond acceptors (Lipinski definition) is 3. The summed E-state index contributed by atoms with van der Waals surface area (Å²) >= 11 is 3.41. The lowest BCUT2D eigenvalue weighted by atomic mass is 10.1. The maximum atomic E-state index is 12.5. The average Bonchev–Trinajstić information content (AvgIpc) is 2.86. The molecule has 164 valence electrons. The topological polar surface area (TPSA) is 35.5 Å². The molecule has 0 aromatic heterocycles. The van der Waals surface area contributed by atoms with E-state index in [0.29, 0.717) is 30.3 Å². The highest BCUT2D eigenvalue weighted by Gasteiger charge is 2.08. The number of benzene rings is 4. The van der Waals surface area contributed by atoms with E-state index in [1.54, 1.807) is 18.2 Å². The van der Waals surface area contributed by atoms with Crippen molar-refractivity contribution in [2.75, 3.05) is 0 Å². The van der Waals surface area contributed by atoms with Gasteiger partial charge in [-0.1, -0.05) is 101 Å². The normalized spacial score (nSPS) is 10.8. The van der Waals surface area contributed by atoms with Crippen LogP contribution < -0.4 is 9.47 Å². The van der Waals surface area contributed by atoms with Gasteiger partial charge in [-0.05, 0) is 47.0 Å². The summed E-state index contributed by atoms with van der Waals surface area (Å²) in [7, 11) is 0. The number of halogens is 1. The third kappa shape index (κ3) is 6.67. The summed E-state index contributed by atoms with van der Waals surface area (Å²) in [5, 5.41) is 0. The number of hydrogen-bond donors (Lipinski definition) is 0. The lowest BCUT2D eigenvalue weighted by Crippen LogP contribution is -2.01. The fourth-order valence-electron chi connectivity index (χ4n) is 3.24. The molecule has 0 spiro atoms. The smallest absolute Gasteiger partial charge is 0.185 e. The van der Waals surface area contributed by atoms with Crippen LogP contribution in [0.15, 0.2) is 114 Å². The van der Waals surface area contributed by atoms with Gasteiger partial charge in [0.15, 0.2) is 17.3 Å². The lowest BCUT2D eigenvalue weighted by Gasteiger charge is -2.14. The van der Waals surface area contributed by atoms with Gasteiger partial charge in [0.2, 0.25) is 0 Å². The van der Waals surface area contributed by atoms with Crippen LogP contribution in [0.1, 0.15) is 27.0 Å². The molecule has 0 aliphatic carbocycles. The van der Waals surface area contributed by atoms with Gasteiger partial charge in [-0.2, -0.15) is 0 Å². The molecular weight excluding hydrogens is 476 g/mol. The van der Waals surface area contributed by atoms with Crippen molar-refractivity contribution in [2.24, 2.45) is 0 Å². The zero-order chi connectivity index (χ0) is 22.9. The Hall–Kier alpha value is -3.63. The summed E-state index contributed by atoms with van der Waals surface area (Å²) in [5.41, 5.74) is 3.63. The van der Waals surface area contributed by atoms with Crippen molar-refractivity contribution >= 4 is 27.8 Å². The molecule has 0 unspecified atom stereocenters. The number of allylic oxidation sites excluding steroid dienone is 1. The minimum atomic E-state index is -0.0625. The molecule has 3 nitrogen and oxygen atoms in total. The van der Waals surface area contributed by atoms with Crippen LogP contribution in [0.5, 0.6) is 11.5 Å². The second-order valence-electron chi connectivity index (χ2n) is 7.46. The van der Waals surface area contributed by atoms with Gasteiger partial charge in [0, 0.05) is 10.0 Å². The van der Waals surface area contributed by atoms with Gasteiger partial charge < -0.3 is 9.47 Å². The Morgan fingerprint density at radius 3 is 1.97 bits per heavy atom. The van der Waals surface area contributed by atoms with Gasteiger partial charge in [0.1, 0.15) is 13.2 Å². The highest BCUT2D eigenvalue weighted by atomic mass is 79.9. The van der Waals surface area contributed by atoms with E-state index >= 15 is 0 Å². The number of ether oxygens (including phenoxy) is 2. The maximum absolute atomic E-state index is 12.5. The molecule has 4 aromatic rings. The van der Waals surface area contributed by atoms with Crippen LogP contribution in [0.3, 0.4) is 0 Å². The summed E-state index contributed by atoms with van der Waals surface area (Å²) in [4.78, 5) is 12.5. The van der Waals surface area contributed by atoms with E-state index in [1.807, 2.05) is 97.1 Å². The molecule has 0 N–H and O–H groups in total. The van der Waals surface area contributed by atoms with Gasteiger partial charge in [-0.15, -0.1) is 0 Å². The molecule has 4 aromatic carbocycles. The highest BCUT2D eigenvalue weighted by Crippen LogP contribution is 2.30. The first kappa shape index (κ1) is 22.6. The van der Waals surface area contributed by atoms with E-state index in [2.05, 4.69) is 15.9 Å². The van der Waals surface area contributed by atoms with E-state index in [9.17, 15) is 4.79 Å². The zero-order valence-electron chi connectivity index (χ0n) is 18.0. The predicted octanol–water partition coefficient (Wildman–Crippen LogP) is 7.50. The largest absolute Gasteiger partial charge is 0.485 e. The molecule has 0 amide bonds. The first-order chi connectivity index (χ1) is 16.2. The molecule has 0 aliphatic heterocycles. The Kier molecular flexibility index (Phi) is 7.72. The first-order valence-electron chi connectivity index (χ1n) is 10.6. The van der Waals surface area contributed by atoms with Gasteiger partial charge in [0.05, 0.1) is 0 Å². The van der Waals surface area contributed by atoms with Crippen LogP contribution in [-0.4, -0.2) is 5.78 Å². The summed E-state index contributed by atoms with van der Waals surface area (Å²) in [5.74, 6) is 1.23. The van der Waals surface area contributed by atoms with Gasteiger partial charge in [-0.3, -0.25) is 4.79 Å². The minimum absolute atomic E-state index is 0.0625. The lowest BCUT2D eigenvalue weighted by molar-refractivity contribution is 0.104. The molecule has 0 radical (unpaired) electrons. The fraction of sp³-hybridized carbons (Fsp3) is 0.0690. The summed E-state index contributed by atoms with van der Waals surface area (Å²) in [6, 6.07) is 33.0. The molecule has 4 rings (SSSR count). The van der Waals surface area contributed by atoms with E-state index in [-0.39, 0.29) is 5.78 Å². The van der Waals surface area contributed by atoms with Crippen molar-refractivity contribution in [1.29, 1.82) is 0 Å². The van der Waals surface area contributed by atoms with Gasteiger partial charge in [0.25, 0.3) is 0 Å². The molecule has 0 fully saturated rings. The summed E-state index contributed by atoms with van der Waals surface area (Å²) in [6.07, 6.45) is 3.36. The SMILES string of the molecule is O=C(C=Cc1ccc(OCc2ccccc2)c(OCc2ccccc2)c1)c1cccc(Br)c1. The number of carbonyl (C=O) groups excluding carboxylic acids is 1. The Morgan fingerprint density at radius 2 is 1.33 bits per heavy atom. The second kappa shape index (κ2) is 11.3. The van der Waals surface area contributed by atoms with E-state index < -0.39 is 0 Å². The van der Waals surface area contributed by atoms with Gasteiger partial charge in [-0.25, -0.2) is 0 Å². The van der Waals surface area contributed by atoms with E-state index in [0.717, 1.165) is 21.2 Å². The quantitative estimate of drug-likeness (QED) is 0.177. The molecule has 0 bridgehead atoms. The van der Waals surface area contributed by atoms with Crippen molar-refractivity contribution in [3.05, 3.63) is 136 Å². The highest BCUT2D eigenvalue weighted by molar-refractivity contribution is 9.10. The standard InChI is InChI=1S/C29H23BrO3/c30-26-13-7-12-25(19-26)27(31)16-14-22-15-17-28(32-20-23-8-3-1-4-9-23)29(18-22)33-21-24-10-5-2-6-11-24/h1-19H,20-21H2. The van der Waals surface area contributed by atoms with Crippen LogP contribution in [0, 0.1) is 0 Å². The number of ketones is 1. The zero-order valence-corrected chi connectivity index (χ0v) is 19.6. The Balaban J connectivity index is 1.53. The van der Waals surface area contributed by atoms with Crippen molar-refractivity contribution in [2.45, 2.75) is 13.2 Å². The van der Waals surface area contributed by atoms with E-state index in [1.165, 1.54) is 0 Å². The van der Waals surface area contributed by atoms with Crippen LogP contribution in [0.25, 0.3) is 6.08 Å². The molecule has 0 atom stereocenters. The predicted molar refractivity (Wildman–Crippen MR) is 135 cm³/mol. The van der Waals surface area contributed by atoms with Crippen LogP contribution in [0.4, 0.5) is 0 Å². The van der Waals surface area contributed by atoms with Crippen LogP contribution in [0.2, 0.25) is 0 Å². The Labute approximate surface area is 202 Å². The molecular formula is C29H23BrO3. The number of rotatable bonds is 9. The van der Waals surface area contributed by atoms with Crippen molar-refractivity contribution in [3.8, 4) is 11.5 Å². The Bertz CT molecular complexity index is 1230. The van der Waals surface area contributed by atoms with Crippen molar-refractivity contribution in [1.82, 2.24) is 0 Å². The molecule has 4 heteroatoms. The van der Waals surface area contributed by atoms with Crippen LogP contribution in [-0.2, 0) is 13.2 Å². The molecule has 0 saturated heterocycles. The van der Waals surface area contributed by atoms with Crippen molar-refractivity contribution < 1.29 is 14.3 Å². The monoisotopic (exact) mass is 498 g/mol. The molecule has 33 heavy (non-hydrogen) atoms. The Morgan fingerprint density at radius 1 is 0.697 bits per heavy atom. The maximum Gasteiger partial charge on any atom is 0.185 e. The number of carbonyl (C=O) groups is 1. The van der Waals surface area contributed by atoms with Crippen LogP contribution >= 0.6 is 15.9 Å². The third-order valence-electron chi connectivity index (χ3n) is 4.98. The molecule has 0 heterocycles.